The lowest BCUT2D eigenvalue weighted by molar-refractivity contribution is -0.157. The molecule has 0 aliphatic rings. The summed E-state index contributed by atoms with van der Waals surface area (Å²) >= 11 is 0. The molecule has 0 aliphatic carbocycles. The molecule has 0 heterocycles. The molecule has 0 bridgehead atoms. The average Bonchev–Trinajstić information content (AvgIpc) is 2.44. The second-order valence-corrected chi connectivity index (χ2v) is 5.52. The van der Waals surface area contributed by atoms with Crippen molar-refractivity contribution in [2.24, 2.45) is 0 Å². The number of hydrogen-bond donors (Lipinski definition) is 4. The number of carboxylic acids is 1. The quantitative estimate of drug-likeness (QED) is 0.624. The summed E-state index contributed by atoms with van der Waals surface area (Å²) < 4.78 is 37.1. The molecular weight excluding hydrogens is 343 g/mol. The number of hydrogen-bond acceptors (Lipinski definition) is 3. The fourth-order valence-corrected chi connectivity index (χ4v) is 1.84. The number of amides is 3. The Kier molecular flexibility index (Phi) is 6.77. The van der Waals surface area contributed by atoms with Crippen LogP contribution in [0.3, 0.4) is 0 Å². The van der Waals surface area contributed by atoms with Gasteiger partial charge in [0.15, 0.2) is 0 Å². The molecule has 0 saturated heterocycles. The lowest BCUT2D eigenvalue weighted by atomic mass is 10.1. The summed E-state index contributed by atoms with van der Waals surface area (Å²) in [5.41, 5.74) is 0.143. The molecular formula is C15H18F3N3O4. The van der Waals surface area contributed by atoms with Crippen LogP contribution in [0.5, 0.6) is 0 Å². The summed E-state index contributed by atoms with van der Waals surface area (Å²) in [6.45, 7) is 3.49. The first-order valence-electron chi connectivity index (χ1n) is 7.26. The SMILES string of the molecule is CC(C)NC(=O)Nc1cccc(C(=O)NC(CC(F)(F)F)C(=O)O)c1. The van der Waals surface area contributed by atoms with Crippen molar-refractivity contribution >= 4 is 23.6 Å². The second kappa shape index (κ2) is 8.36. The Morgan fingerprint density at radius 1 is 1.16 bits per heavy atom. The van der Waals surface area contributed by atoms with Crippen molar-refractivity contribution in [3.05, 3.63) is 29.8 Å². The van der Waals surface area contributed by atoms with Crippen LogP contribution in [0.1, 0.15) is 30.6 Å². The number of alkyl halides is 3. The Labute approximate surface area is 141 Å². The minimum atomic E-state index is -4.74. The van der Waals surface area contributed by atoms with E-state index >= 15 is 0 Å². The van der Waals surface area contributed by atoms with Crippen LogP contribution in [0.2, 0.25) is 0 Å². The van der Waals surface area contributed by atoms with E-state index in [1.165, 1.54) is 24.3 Å². The summed E-state index contributed by atoms with van der Waals surface area (Å²) in [5.74, 6) is -2.79. The number of carbonyl (C=O) groups excluding carboxylic acids is 2. The maximum atomic E-state index is 12.4. The molecule has 138 valence electrons. The molecule has 1 unspecified atom stereocenters. The number of halogens is 3. The largest absolute Gasteiger partial charge is 0.480 e. The van der Waals surface area contributed by atoms with Gasteiger partial charge < -0.3 is 21.1 Å². The Morgan fingerprint density at radius 3 is 2.32 bits per heavy atom. The van der Waals surface area contributed by atoms with E-state index in [-0.39, 0.29) is 17.3 Å². The van der Waals surface area contributed by atoms with Gasteiger partial charge in [-0.25, -0.2) is 9.59 Å². The van der Waals surface area contributed by atoms with E-state index in [1.807, 2.05) is 5.32 Å². The van der Waals surface area contributed by atoms with Gasteiger partial charge in [0.25, 0.3) is 5.91 Å². The van der Waals surface area contributed by atoms with E-state index in [0.717, 1.165) is 0 Å². The number of carboxylic acid groups (broad SMARTS) is 1. The number of carbonyl (C=O) groups is 3. The lowest BCUT2D eigenvalue weighted by Gasteiger charge is -2.16. The normalized spacial score (nSPS) is 12.4. The lowest BCUT2D eigenvalue weighted by Crippen LogP contribution is -2.43. The second-order valence-electron chi connectivity index (χ2n) is 5.52. The smallest absolute Gasteiger partial charge is 0.391 e. The summed E-state index contributed by atoms with van der Waals surface area (Å²) in [6, 6.07) is 2.64. The van der Waals surface area contributed by atoms with Gasteiger partial charge in [0, 0.05) is 17.3 Å². The molecule has 0 radical (unpaired) electrons. The van der Waals surface area contributed by atoms with E-state index in [4.69, 9.17) is 5.11 Å². The summed E-state index contributed by atoms with van der Waals surface area (Å²) in [6.07, 6.45) is -6.43. The number of benzene rings is 1. The van der Waals surface area contributed by atoms with E-state index in [9.17, 15) is 27.6 Å². The van der Waals surface area contributed by atoms with Crippen LogP contribution >= 0.6 is 0 Å². The molecule has 25 heavy (non-hydrogen) atoms. The van der Waals surface area contributed by atoms with Crippen LogP contribution in [0.15, 0.2) is 24.3 Å². The van der Waals surface area contributed by atoms with Crippen LogP contribution in [0.4, 0.5) is 23.7 Å². The third kappa shape index (κ3) is 7.55. The van der Waals surface area contributed by atoms with Gasteiger partial charge in [-0.1, -0.05) is 6.07 Å². The maximum Gasteiger partial charge on any atom is 0.391 e. The maximum absolute atomic E-state index is 12.4. The minimum absolute atomic E-state index is 0.0872. The molecule has 0 spiro atoms. The van der Waals surface area contributed by atoms with E-state index in [1.54, 1.807) is 13.8 Å². The van der Waals surface area contributed by atoms with Crippen molar-refractivity contribution in [3.63, 3.8) is 0 Å². The Morgan fingerprint density at radius 2 is 1.80 bits per heavy atom. The third-order valence-electron chi connectivity index (χ3n) is 2.84. The van der Waals surface area contributed by atoms with Crippen LogP contribution in [-0.2, 0) is 4.79 Å². The van der Waals surface area contributed by atoms with E-state index in [0.29, 0.717) is 0 Å². The molecule has 1 aromatic carbocycles. The Bertz CT molecular complexity index is 647. The molecule has 1 rings (SSSR count). The number of nitrogens with one attached hydrogen (secondary N) is 3. The van der Waals surface area contributed by atoms with Crippen LogP contribution < -0.4 is 16.0 Å². The fraction of sp³-hybridized carbons (Fsp3) is 0.400. The van der Waals surface area contributed by atoms with E-state index < -0.39 is 36.5 Å². The van der Waals surface area contributed by atoms with Gasteiger partial charge in [0.1, 0.15) is 6.04 Å². The highest BCUT2D eigenvalue weighted by Crippen LogP contribution is 2.22. The summed E-state index contributed by atoms with van der Waals surface area (Å²) in [5, 5.41) is 15.6. The van der Waals surface area contributed by atoms with Crippen molar-refractivity contribution in [2.75, 3.05) is 5.32 Å². The van der Waals surface area contributed by atoms with Crippen molar-refractivity contribution in [1.82, 2.24) is 10.6 Å². The number of urea groups is 1. The standard InChI is InChI=1S/C15H18F3N3O4/c1-8(2)19-14(25)20-10-5-3-4-9(6-10)12(22)21-11(13(23)24)7-15(16,17)18/h3-6,8,11H,7H2,1-2H3,(H,21,22)(H,23,24)(H2,19,20,25). The van der Waals surface area contributed by atoms with Gasteiger partial charge >= 0.3 is 18.2 Å². The Hall–Kier alpha value is -2.78. The molecule has 3 amide bonds. The van der Waals surface area contributed by atoms with Gasteiger partial charge in [-0.2, -0.15) is 13.2 Å². The van der Waals surface area contributed by atoms with Crippen molar-refractivity contribution in [1.29, 1.82) is 0 Å². The zero-order valence-electron chi connectivity index (χ0n) is 13.5. The highest BCUT2D eigenvalue weighted by atomic mass is 19.4. The Balaban J connectivity index is 2.82. The highest BCUT2D eigenvalue weighted by Gasteiger charge is 2.36. The van der Waals surface area contributed by atoms with Crippen molar-refractivity contribution < 1.29 is 32.7 Å². The van der Waals surface area contributed by atoms with Crippen molar-refractivity contribution in [2.45, 2.75) is 38.5 Å². The van der Waals surface area contributed by atoms with Crippen LogP contribution in [0, 0.1) is 0 Å². The molecule has 10 heteroatoms. The third-order valence-corrected chi connectivity index (χ3v) is 2.84. The molecule has 0 fully saturated rings. The van der Waals surface area contributed by atoms with Gasteiger partial charge in [-0.3, -0.25) is 4.79 Å². The first kappa shape index (κ1) is 20.3. The first-order valence-corrected chi connectivity index (χ1v) is 7.26. The fourth-order valence-electron chi connectivity index (χ4n) is 1.84. The van der Waals surface area contributed by atoms with Gasteiger partial charge in [-0.05, 0) is 32.0 Å². The van der Waals surface area contributed by atoms with Crippen LogP contribution in [-0.4, -0.2) is 41.3 Å². The predicted octanol–water partition coefficient (Wildman–Crippen LogP) is 2.35. The minimum Gasteiger partial charge on any atom is -0.480 e. The number of aliphatic carboxylic acids is 1. The average molecular weight is 361 g/mol. The molecule has 0 saturated carbocycles. The monoisotopic (exact) mass is 361 g/mol. The van der Waals surface area contributed by atoms with Crippen LogP contribution in [0.25, 0.3) is 0 Å². The number of rotatable bonds is 6. The number of anilines is 1. The van der Waals surface area contributed by atoms with Gasteiger partial charge in [0.05, 0.1) is 6.42 Å². The van der Waals surface area contributed by atoms with Gasteiger partial charge in [-0.15, -0.1) is 0 Å². The molecule has 0 aliphatic heterocycles. The molecule has 1 aromatic rings. The highest BCUT2D eigenvalue weighted by molar-refractivity contribution is 5.98. The summed E-state index contributed by atoms with van der Waals surface area (Å²) in [4.78, 5) is 34.5. The topological polar surface area (TPSA) is 108 Å². The van der Waals surface area contributed by atoms with Gasteiger partial charge in [0.2, 0.25) is 0 Å². The predicted molar refractivity (Wildman–Crippen MR) is 83.3 cm³/mol. The zero-order chi connectivity index (χ0) is 19.2. The summed E-state index contributed by atoms with van der Waals surface area (Å²) in [7, 11) is 0. The van der Waals surface area contributed by atoms with E-state index in [2.05, 4.69) is 10.6 Å². The van der Waals surface area contributed by atoms with Crippen molar-refractivity contribution in [3.8, 4) is 0 Å². The molecule has 4 N–H and O–H groups in total. The first-order chi connectivity index (χ1) is 11.5. The molecule has 0 aromatic heterocycles. The molecule has 1 atom stereocenters. The molecule has 7 nitrogen and oxygen atoms in total. The zero-order valence-corrected chi connectivity index (χ0v) is 13.5.